The average Bonchev–Trinajstić information content (AvgIpc) is 3.40. The molecule has 2 aromatic carbocycles. The molecule has 1 N–H and O–H groups in total. The number of hydrogen-bond acceptors (Lipinski definition) is 6. The average molecular weight is 564 g/mol. The second-order valence-electron chi connectivity index (χ2n) is 10.8. The molecule has 7 nitrogen and oxygen atoms in total. The Morgan fingerprint density at radius 2 is 1.88 bits per heavy atom. The van der Waals surface area contributed by atoms with Crippen LogP contribution in [-0.4, -0.2) is 62.2 Å². The summed E-state index contributed by atoms with van der Waals surface area (Å²) in [6.45, 7) is 2.47. The Morgan fingerprint density at radius 3 is 2.49 bits per heavy atom. The van der Waals surface area contributed by atoms with Crippen molar-refractivity contribution in [3.8, 4) is 23.1 Å². The molecule has 0 unspecified atom stereocenters. The number of carbonyl (C=O) groups excluding carboxylic acids is 1. The van der Waals surface area contributed by atoms with Crippen LogP contribution < -0.4 is 15.0 Å². The summed E-state index contributed by atoms with van der Waals surface area (Å²) in [6.07, 6.45) is -1.08. The monoisotopic (exact) mass is 563 g/mol. The number of amides is 1. The predicted molar refractivity (Wildman–Crippen MR) is 150 cm³/mol. The lowest BCUT2D eigenvalue weighted by Gasteiger charge is -2.42. The van der Waals surface area contributed by atoms with E-state index in [1.165, 1.54) is 6.07 Å². The van der Waals surface area contributed by atoms with Crippen molar-refractivity contribution < 1.29 is 22.7 Å². The van der Waals surface area contributed by atoms with E-state index in [1.54, 1.807) is 13.3 Å². The number of hydrogen-bond donors (Lipinski definition) is 1. The Kier molecular flexibility index (Phi) is 7.91. The van der Waals surface area contributed by atoms with Gasteiger partial charge in [-0.3, -0.25) is 9.78 Å². The van der Waals surface area contributed by atoms with Crippen molar-refractivity contribution in [1.29, 1.82) is 5.26 Å². The molecule has 5 rings (SSSR count). The lowest BCUT2D eigenvalue weighted by Crippen LogP contribution is -2.54. The molecule has 2 aliphatic heterocycles. The molecule has 3 aromatic rings. The molecule has 10 heteroatoms. The fourth-order valence-corrected chi connectivity index (χ4v) is 5.92. The molecule has 3 heterocycles. The normalized spacial score (nSPS) is 19.0. The SMILES string of the molecule is COc1ccccc1-c1ccc(C2(C(=O)N[C@@H]3CCN(C)C3)CCN(c3ccc(C(F)(F)F)cc3C#N)CC2)cn1. The number of carbonyl (C=O) groups is 1. The van der Waals surface area contributed by atoms with Crippen LogP contribution >= 0.6 is 0 Å². The summed E-state index contributed by atoms with van der Waals surface area (Å²) in [4.78, 5) is 22.8. The number of piperidine rings is 1. The van der Waals surface area contributed by atoms with Crippen LogP contribution in [0.3, 0.4) is 0 Å². The molecule has 0 bridgehead atoms. The number of likely N-dealkylation sites (tertiary alicyclic amines) is 1. The fourth-order valence-electron chi connectivity index (χ4n) is 5.92. The largest absolute Gasteiger partial charge is 0.496 e. The number of anilines is 1. The minimum absolute atomic E-state index is 0.0337. The molecule has 1 atom stereocenters. The first-order valence-corrected chi connectivity index (χ1v) is 13.6. The molecule has 2 fully saturated rings. The van der Waals surface area contributed by atoms with Crippen LogP contribution in [-0.2, 0) is 16.4 Å². The van der Waals surface area contributed by atoms with Gasteiger partial charge in [0.25, 0.3) is 0 Å². The number of likely N-dealkylation sites (N-methyl/N-ethyl adjacent to an activating group) is 1. The van der Waals surface area contributed by atoms with Crippen molar-refractivity contribution in [1.82, 2.24) is 15.2 Å². The summed E-state index contributed by atoms with van der Waals surface area (Å²) in [7, 11) is 3.63. The van der Waals surface area contributed by atoms with Crippen molar-refractivity contribution >= 4 is 11.6 Å². The van der Waals surface area contributed by atoms with Crippen LogP contribution in [0.5, 0.6) is 5.75 Å². The zero-order chi connectivity index (χ0) is 29.2. The molecule has 0 radical (unpaired) electrons. The number of alkyl halides is 3. The zero-order valence-corrected chi connectivity index (χ0v) is 23.0. The fraction of sp³-hybridized carbons (Fsp3) is 0.387. The molecule has 41 heavy (non-hydrogen) atoms. The maximum atomic E-state index is 14.0. The van der Waals surface area contributed by atoms with Crippen molar-refractivity contribution in [3.05, 3.63) is 77.5 Å². The van der Waals surface area contributed by atoms with E-state index in [0.29, 0.717) is 37.4 Å². The quantitative estimate of drug-likeness (QED) is 0.455. The molecule has 1 amide bonds. The van der Waals surface area contributed by atoms with E-state index in [1.807, 2.05) is 54.4 Å². The van der Waals surface area contributed by atoms with Crippen molar-refractivity contribution in [2.75, 3.05) is 45.2 Å². The number of aromatic nitrogens is 1. The number of nitrogens with zero attached hydrogens (tertiary/aromatic N) is 4. The minimum Gasteiger partial charge on any atom is -0.496 e. The van der Waals surface area contributed by atoms with Gasteiger partial charge in [-0.05, 0) is 74.8 Å². The van der Waals surface area contributed by atoms with E-state index < -0.39 is 17.2 Å². The summed E-state index contributed by atoms with van der Waals surface area (Å²) >= 11 is 0. The van der Waals surface area contributed by atoms with Crippen molar-refractivity contribution in [2.45, 2.75) is 36.9 Å². The second-order valence-corrected chi connectivity index (χ2v) is 10.8. The highest BCUT2D eigenvalue weighted by Crippen LogP contribution is 2.40. The number of nitriles is 1. The lowest BCUT2D eigenvalue weighted by atomic mass is 9.72. The van der Waals surface area contributed by atoms with Crippen LogP contribution in [0.25, 0.3) is 11.3 Å². The number of rotatable bonds is 6. The van der Waals surface area contributed by atoms with Crippen LogP contribution in [0.2, 0.25) is 0 Å². The first kappa shape index (κ1) is 28.4. The van der Waals surface area contributed by atoms with Gasteiger partial charge in [0.1, 0.15) is 11.8 Å². The third-order valence-corrected chi connectivity index (χ3v) is 8.26. The summed E-state index contributed by atoms with van der Waals surface area (Å²) in [5.41, 5.74) is 1.03. The standard InChI is InChI=1S/C31H32F3N5O2/c1-38-14-11-24(20-38)37-29(40)30(23-7-9-26(36-19-23)25-5-3-4-6-28(25)41-2)12-15-39(16-13-30)27-10-8-22(31(32,33)34)17-21(27)18-35/h3-10,17,19,24H,11-16,20H2,1-2H3,(H,37,40)/t24-/m1/s1. The topological polar surface area (TPSA) is 81.5 Å². The second kappa shape index (κ2) is 11.4. The molecular weight excluding hydrogens is 531 g/mol. The number of para-hydroxylation sites is 1. The molecule has 0 aliphatic carbocycles. The predicted octanol–water partition coefficient (Wildman–Crippen LogP) is 5.01. The molecule has 0 saturated carbocycles. The maximum absolute atomic E-state index is 14.0. The number of methoxy groups -OCH3 is 1. The summed E-state index contributed by atoms with van der Waals surface area (Å²) in [5.74, 6) is 0.626. The van der Waals surface area contributed by atoms with Gasteiger partial charge in [-0.1, -0.05) is 18.2 Å². The molecule has 214 valence electrons. The lowest BCUT2D eigenvalue weighted by molar-refractivity contribution is -0.137. The highest BCUT2D eigenvalue weighted by atomic mass is 19.4. The first-order valence-electron chi connectivity index (χ1n) is 13.6. The molecule has 2 saturated heterocycles. The molecule has 2 aliphatic rings. The summed E-state index contributed by atoms with van der Waals surface area (Å²) in [6, 6.07) is 16.6. The molecular formula is C31H32F3N5O2. The Bertz CT molecular complexity index is 1440. The van der Waals surface area contributed by atoms with Gasteiger partial charge in [-0.2, -0.15) is 18.4 Å². The van der Waals surface area contributed by atoms with Crippen LogP contribution in [0.1, 0.15) is 36.0 Å². The van der Waals surface area contributed by atoms with E-state index >= 15 is 0 Å². The van der Waals surface area contributed by atoms with E-state index in [0.717, 1.165) is 48.5 Å². The smallest absolute Gasteiger partial charge is 0.416 e. The van der Waals surface area contributed by atoms with Crippen LogP contribution in [0.15, 0.2) is 60.8 Å². The maximum Gasteiger partial charge on any atom is 0.416 e. The Balaban J connectivity index is 1.44. The van der Waals surface area contributed by atoms with Gasteiger partial charge in [0.15, 0.2) is 0 Å². The van der Waals surface area contributed by atoms with Gasteiger partial charge in [0.05, 0.1) is 35.0 Å². The van der Waals surface area contributed by atoms with Gasteiger partial charge >= 0.3 is 6.18 Å². The minimum atomic E-state index is -4.53. The highest BCUT2D eigenvalue weighted by Gasteiger charge is 2.44. The Hall–Kier alpha value is -4.10. The number of ether oxygens (including phenoxy) is 1. The Morgan fingerprint density at radius 1 is 1.12 bits per heavy atom. The van der Waals surface area contributed by atoms with Gasteiger partial charge < -0.3 is 19.9 Å². The first-order chi connectivity index (χ1) is 19.6. The van der Waals surface area contributed by atoms with Crippen LogP contribution in [0, 0.1) is 11.3 Å². The van der Waals surface area contributed by atoms with Crippen molar-refractivity contribution in [3.63, 3.8) is 0 Å². The number of halogens is 3. The van der Waals surface area contributed by atoms with Gasteiger partial charge in [0, 0.05) is 37.4 Å². The highest BCUT2D eigenvalue weighted by molar-refractivity contribution is 5.89. The van der Waals surface area contributed by atoms with Gasteiger partial charge in [-0.25, -0.2) is 0 Å². The molecule has 1 aromatic heterocycles. The summed E-state index contributed by atoms with van der Waals surface area (Å²) in [5, 5.41) is 12.9. The number of nitrogens with one attached hydrogen (secondary N) is 1. The van der Waals surface area contributed by atoms with E-state index in [4.69, 9.17) is 9.72 Å². The number of benzene rings is 2. The van der Waals surface area contributed by atoms with Gasteiger partial charge in [0.2, 0.25) is 5.91 Å². The van der Waals surface area contributed by atoms with E-state index in [2.05, 4.69) is 10.2 Å². The van der Waals surface area contributed by atoms with E-state index in [9.17, 15) is 23.2 Å². The van der Waals surface area contributed by atoms with Crippen LogP contribution in [0.4, 0.5) is 18.9 Å². The van der Waals surface area contributed by atoms with E-state index in [-0.39, 0.29) is 17.5 Å². The zero-order valence-electron chi connectivity index (χ0n) is 23.0. The Labute approximate surface area is 237 Å². The van der Waals surface area contributed by atoms with Gasteiger partial charge in [-0.15, -0.1) is 0 Å². The third-order valence-electron chi connectivity index (χ3n) is 8.26. The summed E-state index contributed by atoms with van der Waals surface area (Å²) < 4.78 is 45.2. The number of pyridine rings is 1. The third kappa shape index (κ3) is 5.72. The molecule has 0 spiro atoms. The van der Waals surface area contributed by atoms with Crippen molar-refractivity contribution in [2.24, 2.45) is 0 Å².